The Morgan fingerprint density at radius 3 is 2.30 bits per heavy atom. The number of aliphatic hydroxyl groups is 1. The van der Waals surface area contributed by atoms with Gasteiger partial charge in [-0.1, -0.05) is 45.0 Å². The topological polar surface area (TPSA) is 163 Å². The van der Waals surface area contributed by atoms with Gasteiger partial charge >= 0.3 is 18.1 Å². The van der Waals surface area contributed by atoms with Crippen LogP contribution in [0.1, 0.15) is 51.2 Å². The van der Waals surface area contributed by atoms with Crippen LogP contribution in [0.3, 0.4) is 0 Å². The Kier molecular flexibility index (Phi) is 11.6. The highest BCUT2D eigenvalue weighted by Crippen LogP contribution is 2.44. The summed E-state index contributed by atoms with van der Waals surface area (Å²) >= 11 is 0. The number of carbonyl (C=O) groups is 2. The number of nitro benzene ring substituents is 1. The van der Waals surface area contributed by atoms with Crippen molar-refractivity contribution in [1.82, 2.24) is 5.32 Å². The van der Waals surface area contributed by atoms with Crippen molar-refractivity contribution < 1.29 is 47.0 Å². The summed E-state index contributed by atoms with van der Waals surface area (Å²) in [5.74, 6) is -3.50. The van der Waals surface area contributed by atoms with Gasteiger partial charge in [0.05, 0.1) is 35.7 Å². The van der Waals surface area contributed by atoms with Crippen LogP contribution < -0.4 is 15.8 Å². The molecule has 0 bridgehead atoms. The number of nitrogens with zero attached hydrogens (tertiary/aromatic N) is 1. The maximum absolute atomic E-state index is 14.1. The van der Waals surface area contributed by atoms with Crippen LogP contribution in [0.4, 0.5) is 18.9 Å². The van der Waals surface area contributed by atoms with E-state index in [1.807, 2.05) is 20.8 Å². The summed E-state index contributed by atoms with van der Waals surface area (Å²) < 4.78 is 57.9. The third-order valence-electron chi connectivity index (χ3n) is 7.49. The third-order valence-corrected chi connectivity index (χ3v) is 7.49. The molecule has 0 saturated heterocycles. The van der Waals surface area contributed by atoms with Crippen molar-refractivity contribution in [3.8, 4) is 5.75 Å². The van der Waals surface area contributed by atoms with E-state index in [0.717, 1.165) is 24.8 Å². The predicted molar refractivity (Wildman–Crippen MR) is 161 cm³/mol. The van der Waals surface area contributed by atoms with Crippen molar-refractivity contribution in [3.63, 3.8) is 0 Å². The minimum Gasteiger partial charge on any atom is -0.491 e. The maximum atomic E-state index is 14.1. The number of allylic oxidation sites excluding steroid dienone is 2. The number of aryl methyl sites for hydroxylation is 1. The van der Waals surface area contributed by atoms with Gasteiger partial charge < -0.3 is 30.4 Å². The molecule has 1 aliphatic rings. The molecule has 1 aliphatic heterocycles. The van der Waals surface area contributed by atoms with E-state index in [1.54, 1.807) is 24.3 Å². The normalized spacial score (nSPS) is 16.8. The monoisotopic (exact) mass is 649 g/mol. The number of ether oxygens (including phenoxy) is 3. The Balaban J connectivity index is 1.74. The fourth-order valence-electron chi connectivity index (χ4n) is 4.94. The first-order valence-corrected chi connectivity index (χ1v) is 14.4. The van der Waals surface area contributed by atoms with Gasteiger partial charge in [0.2, 0.25) is 0 Å². The SMILES string of the molecule is COC(=O)C1=C(C(F)(F)F)NC(C)=C(C(=O)OCCCc2ccc(OCC(O)C(N)C(C)(C)C)cc2)C1c1cccc([N+](=O)[O-])c1. The van der Waals surface area contributed by atoms with E-state index < -0.39 is 58.1 Å². The van der Waals surface area contributed by atoms with Gasteiger partial charge in [0.25, 0.3) is 5.69 Å². The standard InChI is InChI=1S/C32H38F3N3O8/c1-18-24(25(20-9-6-10-21(16-20)38(42)43)26(29(40)44-5)28(37-18)32(33,34)35)30(41)45-15-7-8-19-11-13-22(14-12-19)46-17-23(39)27(36)31(2,3)4/h6,9-14,16,23,25,27,37,39H,7-8,15,17,36H2,1-5H3. The molecule has 3 rings (SSSR count). The number of aliphatic hydroxyl groups excluding tert-OH is 1. The lowest BCUT2D eigenvalue weighted by atomic mass is 9.80. The molecule has 0 fully saturated rings. The lowest BCUT2D eigenvalue weighted by Gasteiger charge is -2.31. The molecule has 46 heavy (non-hydrogen) atoms. The molecule has 0 spiro atoms. The van der Waals surface area contributed by atoms with E-state index >= 15 is 0 Å². The van der Waals surface area contributed by atoms with Gasteiger partial charge in [-0.05, 0) is 48.4 Å². The highest BCUT2D eigenvalue weighted by Gasteiger charge is 2.47. The van der Waals surface area contributed by atoms with E-state index in [9.17, 15) is 38.0 Å². The van der Waals surface area contributed by atoms with Crippen molar-refractivity contribution >= 4 is 17.6 Å². The zero-order valence-electron chi connectivity index (χ0n) is 26.1. The number of hydrogen-bond acceptors (Lipinski definition) is 10. The average Bonchev–Trinajstić information content (AvgIpc) is 3.00. The number of methoxy groups -OCH3 is 1. The van der Waals surface area contributed by atoms with Crippen LogP contribution in [0.2, 0.25) is 0 Å². The number of alkyl halides is 3. The highest BCUT2D eigenvalue weighted by atomic mass is 19.4. The zero-order valence-corrected chi connectivity index (χ0v) is 26.1. The molecule has 4 N–H and O–H groups in total. The fourth-order valence-corrected chi connectivity index (χ4v) is 4.94. The fraction of sp³-hybridized carbons (Fsp3) is 0.438. The second-order valence-corrected chi connectivity index (χ2v) is 11.9. The van der Waals surface area contributed by atoms with E-state index in [4.69, 9.17) is 15.2 Å². The number of esters is 2. The molecule has 3 atom stereocenters. The van der Waals surface area contributed by atoms with Crippen LogP contribution >= 0.6 is 0 Å². The molecular weight excluding hydrogens is 611 g/mol. The third kappa shape index (κ3) is 8.85. The number of rotatable bonds is 12. The molecule has 2 aromatic carbocycles. The highest BCUT2D eigenvalue weighted by molar-refractivity contribution is 6.00. The van der Waals surface area contributed by atoms with Gasteiger partial charge in [-0.15, -0.1) is 0 Å². The van der Waals surface area contributed by atoms with E-state index in [2.05, 4.69) is 10.1 Å². The molecule has 2 aromatic rings. The second-order valence-electron chi connectivity index (χ2n) is 11.9. The van der Waals surface area contributed by atoms with Gasteiger partial charge in [0, 0.05) is 23.9 Å². The molecule has 11 nitrogen and oxygen atoms in total. The number of nitrogens with one attached hydrogen (secondary N) is 1. The number of hydrogen-bond donors (Lipinski definition) is 3. The number of carbonyl (C=O) groups excluding carboxylic acids is 2. The van der Waals surface area contributed by atoms with Gasteiger partial charge in [-0.2, -0.15) is 13.2 Å². The molecule has 0 aliphatic carbocycles. The lowest BCUT2D eigenvalue weighted by molar-refractivity contribution is -0.384. The van der Waals surface area contributed by atoms with Crippen LogP contribution in [0.5, 0.6) is 5.75 Å². The van der Waals surface area contributed by atoms with Crippen LogP contribution in [0.15, 0.2) is 71.1 Å². The van der Waals surface area contributed by atoms with E-state index in [0.29, 0.717) is 18.6 Å². The van der Waals surface area contributed by atoms with Crippen molar-refractivity contribution in [1.29, 1.82) is 0 Å². The largest absolute Gasteiger partial charge is 0.491 e. The Hall–Kier alpha value is -4.43. The van der Waals surface area contributed by atoms with Gasteiger partial charge in [-0.25, -0.2) is 9.59 Å². The molecule has 0 radical (unpaired) electrons. The van der Waals surface area contributed by atoms with Gasteiger partial charge in [0.15, 0.2) is 0 Å². The summed E-state index contributed by atoms with van der Waals surface area (Å²) in [6.07, 6.45) is -5.08. The van der Waals surface area contributed by atoms with Crippen molar-refractivity contribution in [2.75, 3.05) is 20.3 Å². The predicted octanol–water partition coefficient (Wildman–Crippen LogP) is 4.83. The van der Waals surface area contributed by atoms with Crippen molar-refractivity contribution in [3.05, 3.63) is 92.3 Å². The summed E-state index contributed by atoms with van der Waals surface area (Å²) in [5, 5.41) is 23.8. The molecule has 0 saturated carbocycles. The molecule has 250 valence electrons. The van der Waals surface area contributed by atoms with Crippen LogP contribution in [-0.2, 0) is 25.5 Å². The number of benzene rings is 2. The number of non-ortho nitro benzene ring substituents is 1. The Morgan fingerprint density at radius 1 is 1.09 bits per heavy atom. The van der Waals surface area contributed by atoms with Crippen molar-refractivity contribution in [2.45, 2.75) is 64.8 Å². The number of nitro groups is 1. The summed E-state index contributed by atoms with van der Waals surface area (Å²) in [6.45, 7) is 6.90. The van der Waals surface area contributed by atoms with E-state index in [-0.39, 0.29) is 35.5 Å². The van der Waals surface area contributed by atoms with Gasteiger partial charge in [0.1, 0.15) is 24.2 Å². The first kappa shape index (κ1) is 36.0. The summed E-state index contributed by atoms with van der Waals surface area (Å²) in [4.78, 5) is 36.8. The van der Waals surface area contributed by atoms with Crippen LogP contribution in [0, 0.1) is 15.5 Å². The summed E-state index contributed by atoms with van der Waals surface area (Å²) in [5.41, 5.74) is 3.19. The van der Waals surface area contributed by atoms with Gasteiger partial charge in [-0.3, -0.25) is 10.1 Å². The maximum Gasteiger partial charge on any atom is 0.431 e. The second kappa shape index (κ2) is 14.8. The number of dihydropyridines is 1. The molecule has 0 aromatic heterocycles. The minimum absolute atomic E-state index is 0.0204. The number of halogens is 3. The quantitative estimate of drug-likeness (QED) is 0.126. The molecule has 3 unspecified atom stereocenters. The Bertz CT molecular complexity index is 1500. The first-order chi connectivity index (χ1) is 21.4. The Morgan fingerprint density at radius 2 is 1.74 bits per heavy atom. The summed E-state index contributed by atoms with van der Waals surface area (Å²) in [6, 6.07) is 11.2. The molecule has 14 heteroatoms. The van der Waals surface area contributed by atoms with E-state index in [1.165, 1.54) is 19.1 Å². The van der Waals surface area contributed by atoms with Crippen LogP contribution in [-0.4, -0.2) is 60.6 Å². The smallest absolute Gasteiger partial charge is 0.431 e. The lowest BCUT2D eigenvalue weighted by Crippen LogP contribution is -2.47. The van der Waals surface area contributed by atoms with Crippen LogP contribution in [0.25, 0.3) is 0 Å². The molecule has 1 heterocycles. The summed E-state index contributed by atoms with van der Waals surface area (Å²) in [7, 11) is 0.890. The van der Waals surface area contributed by atoms with Crippen molar-refractivity contribution in [2.24, 2.45) is 11.1 Å². The average molecular weight is 650 g/mol. The first-order valence-electron chi connectivity index (χ1n) is 14.4. The minimum atomic E-state index is -5.04. The zero-order chi connectivity index (χ0) is 34.4. The molecule has 0 amide bonds. The Labute approximate surface area is 264 Å². The molecular formula is C32H38F3N3O8. The number of nitrogens with two attached hydrogens (primary N) is 1.